The number of rotatable bonds is 8. The Morgan fingerprint density at radius 1 is 1.04 bits per heavy atom. The Labute approximate surface area is 166 Å². The van der Waals surface area contributed by atoms with Gasteiger partial charge in [-0.15, -0.1) is 0 Å². The van der Waals surface area contributed by atoms with E-state index in [1.807, 2.05) is 62.4 Å². The molecular weight excluding hydrogens is 360 g/mol. The summed E-state index contributed by atoms with van der Waals surface area (Å²) in [6.07, 6.45) is 0.998. The van der Waals surface area contributed by atoms with Gasteiger partial charge in [-0.1, -0.05) is 67.1 Å². The van der Waals surface area contributed by atoms with Crippen LogP contribution in [0.3, 0.4) is 0 Å². The van der Waals surface area contributed by atoms with E-state index in [1.165, 1.54) is 0 Å². The Hall–Kier alpha value is -2.33. The van der Waals surface area contributed by atoms with E-state index in [2.05, 4.69) is 5.32 Å². The quantitative estimate of drug-likeness (QED) is 0.738. The Morgan fingerprint density at radius 2 is 1.67 bits per heavy atom. The van der Waals surface area contributed by atoms with Crippen LogP contribution < -0.4 is 5.32 Å². The summed E-state index contributed by atoms with van der Waals surface area (Å²) in [5, 5.41) is 3.52. The van der Waals surface area contributed by atoms with Crippen molar-refractivity contribution < 1.29 is 9.59 Å². The maximum absolute atomic E-state index is 13.1. The van der Waals surface area contributed by atoms with Crippen molar-refractivity contribution in [2.75, 3.05) is 0 Å². The van der Waals surface area contributed by atoms with E-state index in [0.29, 0.717) is 11.6 Å². The molecular formula is C22H27ClN2O2. The molecule has 0 saturated heterocycles. The van der Waals surface area contributed by atoms with Crippen LogP contribution in [0.15, 0.2) is 54.6 Å². The van der Waals surface area contributed by atoms with Gasteiger partial charge in [-0.2, -0.15) is 0 Å². The van der Waals surface area contributed by atoms with E-state index in [4.69, 9.17) is 11.6 Å². The molecule has 0 radical (unpaired) electrons. The van der Waals surface area contributed by atoms with Crippen LogP contribution in [0.1, 0.15) is 38.3 Å². The standard InChI is InChI=1S/C22H27ClN2O2/c1-4-16(2)24-22(27)17(3)25(15-18-10-6-5-7-11-18)21(26)14-19-12-8-9-13-20(19)23/h5-13,16-17H,4,14-15H2,1-3H3,(H,24,27)/t16-,17+/m0/s1. The van der Waals surface area contributed by atoms with Crippen LogP contribution in [-0.2, 0) is 22.6 Å². The zero-order chi connectivity index (χ0) is 19.8. The number of halogens is 1. The molecule has 0 heterocycles. The number of benzene rings is 2. The van der Waals surface area contributed by atoms with Crippen molar-refractivity contribution in [1.29, 1.82) is 0 Å². The summed E-state index contributed by atoms with van der Waals surface area (Å²) in [7, 11) is 0. The number of amides is 2. The second-order valence-electron chi connectivity index (χ2n) is 6.77. The molecule has 27 heavy (non-hydrogen) atoms. The van der Waals surface area contributed by atoms with Crippen molar-refractivity contribution >= 4 is 23.4 Å². The van der Waals surface area contributed by atoms with Crippen molar-refractivity contribution in [2.24, 2.45) is 0 Å². The number of carbonyl (C=O) groups excluding carboxylic acids is 2. The first-order valence-corrected chi connectivity index (χ1v) is 9.67. The first kappa shape index (κ1) is 21.0. The van der Waals surface area contributed by atoms with E-state index in [1.54, 1.807) is 17.9 Å². The predicted molar refractivity (Wildman–Crippen MR) is 110 cm³/mol. The van der Waals surface area contributed by atoms with Crippen molar-refractivity contribution in [3.05, 3.63) is 70.7 Å². The highest BCUT2D eigenvalue weighted by Gasteiger charge is 2.27. The first-order chi connectivity index (χ1) is 12.9. The van der Waals surface area contributed by atoms with Crippen LogP contribution in [0.4, 0.5) is 0 Å². The zero-order valence-electron chi connectivity index (χ0n) is 16.1. The van der Waals surface area contributed by atoms with Crippen LogP contribution in [0.25, 0.3) is 0 Å². The molecule has 0 spiro atoms. The summed E-state index contributed by atoms with van der Waals surface area (Å²) < 4.78 is 0. The van der Waals surface area contributed by atoms with Crippen molar-refractivity contribution in [2.45, 2.75) is 52.2 Å². The van der Waals surface area contributed by atoms with Gasteiger partial charge in [-0.3, -0.25) is 9.59 Å². The minimum atomic E-state index is -0.575. The van der Waals surface area contributed by atoms with E-state index < -0.39 is 6.04 Å². The third-order valence-corrected chi connectivity index (χ3v) is 5.03. The van der Waals surface area contributed by atoms with E-state index in [0.717, 1.165) is 17.5 Å². The second kappa shape index (κ2) is 10.1. The van der Waals surface area contributed by atoms with Gasteiger partial charge >= 0.3 is 0 Å². The van der Waals surface area contributed by atoms with Gasteiger partial charge in [0.2, 0.25) is 11.8 Å². The number of carbonyl (C=O) groups is 2. The number of hydrogen-bond donors (Lipinski definition) is 1. The van der Waals surface area contributed by atoms with Gasteiger partial charge in [0.1, 0.15) is 6.04 Å². The lowest BCUT2D eigenvalue weighted by Gasteiger charge is -2.30. The summed E-state index contributed by atoms with van der Waals surface area (Å²) in [6.45, 7) is 6.11. The number of nitrogens with zero attached hydrogens (tertiary/aromatic N) is 1. The number of nitrogens with one attached hydrogen (secondary N) is 1. The average Bonchev–Trinajstić information content (AvgIpc) is 2.67. The van der Waals surface area contributed by atoms with Crippen LogP contribution in [0, 0.1) is 0 Å². The highest BCUT2D eigenvalue weighted by molar-refractivity contribution is 6.31. The van der Waals surface area contributed by atoms with Crippen LogP contribution in [0.2, 0.25) is 5.02 Å². The third kappa shape index (κ3) is 6.10. The van der Waals surface area contributed by atoms with Gasteiger partial charge in [0, 0.05) is 17.6 Å². The third-order valence-electron chi connectivity index (χ3n) is 4.66. The summed E-state index contributed by atoms with van der Waals surface area (Å²) in [4.78, 5) is 27.3. The minimum absolute atomic E-state index is 0.0668. The molecule has 0 unspecified atom stereocenters. The van der Waals surface area contributed by atoms with Gasteiger partial charge in [-0.05, 0) is 37.5 Å². The molecule has 4 nitrogen and oxygen atoms in total. The van der Waals surface area contributed by atoms with E-state index in [9.17, 15) is 9.59 Å². The topological polar surface area (TPSA) is 49.4 Å². The maximum atomic E-state index is 13.1. The Morgan fingerprint density at radius 3 is 2.30 bits per heavy atom. The van der Waals surface area contributed by atoms with Crippen LogP contribution in [0.5, 0.6) is 0 Å². The molecule has 2 amide bonds. The van der Waals surface area contributed by atoms with Crippen molar-refractivity contribution in [1.82, 2.24) is 10.2 Å². The molecule has 0 bridgehead atoms. The summed E-state index contributed by atoms with van der Waals surface area (Å²) in [6, 6.07) is 16.5. The zero-order valence-corrected chi connectivity index (χ0v) is 16.9. The Bertz CT molecular complexity index is 764. The molecule has 0 aliphatic rings. The van der Waals surface area contributed by atoms with Crippen LogP contribution in [-0.4, -0.2) is 28.8 Å². The summed E-state index contributed by atoms with van der Waals surface area (Å²) in [5.41, 5.74) is 1.74. The Balaban J connectivity index is 2.21. The van der Waals surface area contributed by atoms with Crippen LogP contribution >= 0.6 is 11.6 Å². The fourth-order valence-electron chi connectivity index (χ4n) is 2.73. The molecule has 0 aliphatic heterocycles. The SMILES string of the molecule is CC[C@H](C)NC(=O)[C@@H](C)N(Cc1ccccc1)C(=O)Cc1ccccc1Cl. The molecule has 0 saturated carbocycles. The molecule has 0 fully saturated rings. The summed E-state index contributed by atoms with van der Waals surface area (Å²) >= 11 is 6.21. The fourth-order valence-corrected chi connectivity index (χ4v) is 2.94. The Kier molecular flexibility index (Phi) is 7.86. The minimum Gasteiger partial charge on any atom is -0.352 e. The van der Waals surface area contributed by atoms with Crippen molar-refractivity contribution in [3.63, 3.8) is 0 Å². The van der Waals surface area contributed by atoms with Gasteiger partial charge in [0.15, 0.2) is 0 Å². The molecule has 1 N–H and O–H groups in total. The lowest BCUT2D eigenvalue weighted by Crippen LogP contribution is -2.49. The van der Waals surface area contributed by atoms with Gasteiger partial charge in [0.05, 0.1) is 6.42 Å². The molecule has 2 atom stereocenters. The summed E-state index contributed by atoms with van der Waals surface area (Å²) in [5.74, 6) is -0.272. The predicted octanol–water partition coefficient (Wildman–Crippen LogP) is 4.21. The molecule has 2 aromatic rings. The van der Waals surface area contributed by atoms with Gasteiger partial charge in [0.25, 0.3) is 0 Å². The highest BCUT2D eigenvalue weighted by atomic mass is 35.5. The molecule has 5 heteroatoms. The lowest BCUT2D eigenvalue weighted by molar-refractivity contribution is -0.140. The second-order valence-corrected chi connectivity index (χ2v) is 7.18. The first-order valence-electron chi connectivity index (χ1n) is 9.29. The van der Waals surface area contributed by atoms with Gasteiger partial charge in [-0.25, -0.2) is 0 Å². The highest BCUT2D eigenvalue weighted by Crippen LogP contribution is 2.18. The lowest BCUT2D eigenvalue weighted by atomic mass is 10.1. The fraction of sp³-hybridized carbons (Fsp3) is 0.364. The normalized spacial score (nSPS) is 12.9. The smallest absolute Gasteiger partial charge is 0.242 e. The largest absolute Gasteiger partial charge is 0.352 e. The van der Waals surface area contributed by atoms with E-state index in [-0.39, 0.29) is 24.3 Å². The van der Waals surface area contributed by atoms with Crippen molar-refractivity contribution in [3.8, 4) is 0 Å². The van der Waals surface area contributed by atoms with Gasteiger partial charge < -0.3 is 10.2 Å². The average molecular weight is 387 g/mol. The molecule has 0 aliphatic carbocycles. The molecule has 2 aromatic carbocycles. The van der Waals surface area contributed by atoms with E-state index >= 15 is 0 Å². The molecule has 2 rings (SSSR count). The monoisotopic (exact) mass is 386 g/mol. The number of hydrogen-bond acceptors (Lipinski definition) is 2. The molecule has 144 valence electrons. The molecule has 0 aromatic heterocycles. The maximum Gasteiger partial charge on any atom is 0.242 e.